The number of aromatic nitrogens is 2. The summed E-state index contributed by atoms with van der Waals surface area (Å²) in [5.74, 6) is -0.261. The van der Waals surface area contributed by atoms with Gasteiger partial charge >= 0.3 is 0 Å². The molecule has 8 heteroatoms. The highest BCUT2D eigenvalue weighted by atomic mass is 35.5. The molecule has 0 fully saturated rings. The first kappa shape index (κ1) is 17.7. The summed E-state index contributed by atoms with van der Waals surface area (Å²) in [6.45, 7) is 0.530. The van der Waals surface area contributed by atoms with Gasteiger partial charge in [0.15, 0.2) is 5.11 Å². The van der Waals surface area contributed by atoms with Gasteiger partial charge in [0.05, 0.1) is 34.2 Å². The van der Waals surface area contributed by atoms with Crippen molar-refractivity contribution in [2.45, 2.75) is 6.54 Å². The molecule has 128 valence electrons. The van der Waals surface area contributed by atoms with E-state index in [0.29, 0.717) is 27.4 Å². The van der Waals surface area contributed by atoms with Crippen molar-refractivity contribution in [2.75, 3.05) is 10.6 Å². The van der Waals surface area contributed by atoms with Gasteiger partial charge in [-0.3, -0.25) is 4.68 Å². The molecule has 3 aromatic rings. The molecule has 0 aliphatic heterocycles. The second-order valence-electron chi connectivity index (χ2n) is 5.23. The molecule has 25 heavy (non-hydrogen) atoms. The van der Waals surface area contributed by atoms with Crippen molar-refractivity contribution < 1.29 is 4.39 Å². The van der Waals surface area contributed by atoms with Crippen LogP contribution in [0.2, 0.25) is 10.0 Å². The van der Waals surface area contributed by atoms with Gasteiger partial charge in [-0.2, -0.15) is 5.10 Å². The minimum absolute atomic E-state index is 0.261. The normalized spacial score (nSPS) is 10.5. The van der Waals surface area contributed by atoms with Crippen molar-refractivity contribution in [3.63, 3.8) is 0 Å². The Morgan fingerprint density at radius 1 is 1.12 bits per heavy atom. The first-order valence-electron chi connectivity index (χ1n) is 7.30. The van der Waals surface area contributed by atoms with Crippen LogP contribution in [0.4, 0.5) is 15.8 Å². The molecule has 0 saturated heterocycles. The van der Waals surface area contributed by atoms with Crippen LogP contribution in [0.15, 0.2) is 54.9 Å². The van der Waals surface area contributed by atoms with Crippen molar-refractivity contribution >= 4 is 51.9 Å². The van der Waals surface area contributed by atoms with Crippen LogP contribution in [0.5, 0.6) is 0 Å². The second-order valence-corrected chi connectivity index (χ2v) is 6.43. The summed E-state index contributed by atoms with van der Waals surface area (Å²) in [4.78, 5) is 0. The molecule has 0 bridgehead atoms. The fourth-order valence-corrected chi connectivity index (χ4v) is 2.75. The van der Waals surface area contributed by atoms with Crippen molar-refractivity contribution in [1.29, 1.82) is 0 Å². The zero-order valence-electron chi connectivity index (χ0n) is 12.8. The number of nitrogens with one attached hydrogen (secondary N) is 2. The lowest BCUT2D eigenvalue weighted by molar-refractivity contribution is 0.624. The maximum atomic E-state index is 12.9. The average molecular weight is 395 g/mol. The van der Waals surface area contributed by atoms with Crippen LogP contribution < -0.4 is 10.6 Å². The molecule has 0 saturated carbocycles. The third-order valence-electron chi connectivity index (χ3n) is 3.35. The van der Waals surface area contributed by atoms with E-state index in [1.807, 2.05) is 0 Å². The van der Waals surface area contributed by atoms with E-state index < -0.39 is 0 Å². The van der Waals surface area contributed by atoms with Crippen LogP contribution in [-0.4, -0.2) is 14.9 Å². The quantitative estimate of drug-likeness (QED) is 0.597. The Morgan fingerprint density at radius 2 is 1.88 bits per heavy atom. The van der Waals surface area contributed by atoms with Gasteiger partial charge in [0.25, 0.3) is 0 Å². The molecule has 0 unspecified atom stereocenters. The van der Waals surface area contributed by atoms with Gasteiger partial charge in [-0.05, 0) is 42.0 Å². The van der Waals surface area contributed by atoms with E-state index in [2.05, 4.69) is 15.7 Å². The summed E-state index contributed by atoms with van der Waals surface area (Å²) >= 11 is 17.4. The Balaban J connectivity index is 1.61. The Bertz CT molecular complexity index is 896. The lowest BCUT2D eigenvalue weighted by Gasteiger charge is -2.11. The SMILES string of the molecule is Fc1ccc(Cn2cc(NC(=S)Nc3cccc(Cl)c3Cl)cn2)cc1. The Hall–Kier alpha value is -2.15. The predicted octanol–water partition coefficient (Wildman–Crippen LogP) is 5.19. The molecule has 2 aromatic carbocycles. The molecule has 0 radical (unpaired) electrons. The lowest BCUT2D eigenvalue weighted by atomic mass is 10.2. The van der Waals surface area contributed by atoms with Crippen molar-refractivity contribution in [3.05, 3.63) is 76.3 Å². The maximum Gasteiger partial charge on any atom is 0.175 e. The summed E-state index contributed by atoms with van der Waals surface area (Å²) < 4.78 is 14.7. The van der Waals surface area contributed by atoms with Crippen molar-refractivity contribution in [1.82, 2.24) is 9.78 Å². The van der Waals surface area contributed by atoms with E-state index in [9.17, 15) is 4.39 Å². The van der Waals surface area contributed by atoms with Crippen molar-refractivity contribution in [2.24, 2.45) is 0 Å². The number of hydrogen-bond acceptors (Lipinski definition) is 2. The molecule has 4 nitrogen and oxygen atoms in total. The molecule has 0 spiro atoms. The number of nitrogens with zero attached hydrogens (tertiary/aromatic N) is 2. The first-order valence-corrected chi connectivity index (χ1v) is 8.46. The van der Waals surface area contributed by atoms with Crippen LogP contribution in [0.25, 0.3) is 0 Å². The third-order valence-corrected chi connectivity index (χ3v) is 4.37. The van der Waals surface area contributed by atoms with E-state index in [1.165, 1.54) is 12.1 Å². The van der Waals surface area contributed by atoms with E-state index in [-0.39, 0.29) is 5.82 Å². The molecule has 0 amide bonds. The number of hydrogen-bond donors (Lipinski definition) is 2. The van der Waals surface area contributed by atoms with Gasteiger partial charge in [0, 0.05) is 6.20 Å². The zero-order valence-corrected chi connectivity index (χ0v) is 15.2. The molecule has 0 atom stereocenters. The first-order chi connectivity index (χ1) is 12.0. The molecule has 1 aromatic heterocycles. The summed E-state index contributed by atoms with van der Waals surface area (Å²) in [5.41, 5.74) is 2.28. The second kappa shape index (κ2) is 7.82. The number of anilines is 2. The number of benzene rings is 2. The fraction of sp³-hybridized carbons (Fsp3) is 0.0588. The Labute approximate surface area is 159 Å². The van der Waals surface area contributed by atoms with Gasteiger partial charge in [0.2, 0.25) is 0 Å². The summed E-state index contributed by atoms with van der Waals surface area (Å²) in [6.07, 6.45) is 3.45. The molecule has 2 N–H and O–H groups in total. The summed E-state index contributed by atoms with van der Waals surface area (Å²) in [7, 11) is 0. The molecular formula is C17H13Cl2FN4S. The number of rotatable bonds is 4. The molecule has 0 aliphatic carbocycles. The van der Waals surface area contributed by atoms with Crippen LogP contribution in [0.3, 0.4) is 0 Å². The van der Waals surface area contributed by atoms with E-state index in [1.54, 1.807) is 47.4 Å². The molecule has 3 rings (SSSR count). The molecule has 0 aliphatic rings. The van der Waals surface area contributed by atoms with E-state index >= 15 is 0 Å². The third kappa shape index (κ3) is 4.69. The lowest BCUT2D eigenvalue weighted by Crippen LogP contribution is -2.19. The summed E-state index contributed by atoms with van der Waals surface area (Å²) in [5, 5.41) is 11.5. The molecular weight excluding hydrogens is 382 g/mol. The highest BCUT2D eigenvalue weighted by molar-refractivity contribution is 7.80. The minimum atomic E-state index is -0.261. The largest absolute Gasteiger partial charge is 0.331 e. The predicted molar refractivity (Wildman–Crippen MR) is 104 cm³/mol. The smallest absolute Gasteiger partial charge is 0.175 e. The van der Waals surface area contributed by atoms with Crippen LogP contribution in [0.1, 0.15) is 5.56 Å². The Morgan fingerprint density at radius 3 is 2.64 bits per heavy atom. The Kier molecular flexibility index (Phi) is 5.53. The van der Waals surface area contributed by atoms with Crippen LogP contribution >= 0.6 is 35.4 Å². The van der Waals surface area contributed by atoms with Crippen LogP contribution in [0, 0.1) is 5.82 Å². The van der Waals surface area contributed by atoms with Crippen LogP contribution in [-0.2, 0) is 6.54 Å². The minimum Gasteiger partial charge on any atom is -0.331 e. The van der Waals surface area contributed by atoms with Gasteiger partial charge in [-0.15, -0.1) is 0 Å². The highest BCUT2D eigenvalue weighted by Gasteiger charge is 2.07. The van der Waals surface area contributed by atoms with Gasteiger partial charge in [0.1, 0.15) is 5.82 Å². The number of halogens is 3. The highest BCUT2D eigenvalue weighted by Crippen LogP contribution is 2.29. The van der Waals surface area contributed by atoms with Gasteiger partial charge in [-0.25, -0.2) is 4.39 Å². The van der Waals surface area contributed by atoms with Crippen molar-refractivity contribution in [3.8, 4) is 0 Å². The monoisotopic (exact) mass is 394 g/mol. The number of thiocarbonyl (C=S) groups is 1. The zero-order chi connectivity index (χ0) is 17.8. The maximum absolute atomic E-state index is 12.9. The standard InChI is InChI=1S/C17H13Cl2FN4S/c18-14-2-1-3-15(16(14)19)23-17(25)22-13-8-21-24(10-13)9-11-4-6-12(20)7-5-11/h1-8,10H,9H2,(H2,22,23,25). The molecule has 1 heterocycles. The van der Waals surface area contributed by atoms with E-state index in [0.717, 1.165) is 11.3 Å². The topological polar surface area (TPSA) is 41.9 Å². The summed E-state index contributed by atoms with van der Waals surface area (Å²) in [6, 6.07) is 11.5. The fourth-order valence-electron chi connectivity index (χ4n) is 2.18. The average Bonchev–Trinajstić information content (AvgIpc) is 3.01. The van der Waals surface area contributed by atoms with Gasteiger partial charge < -0.3 is 10.6 Å². The van der Waals surface area contributed by atoms with E-state index in [4.69, 9.17) is 35.4 Å². The van der Waals surface area contributed by atoms with Gasteiger partial charge in [-0.1, -0.05) is 41.4 Å².